The van der Waals surface area contributed by atoms with Crippen LogP contribution in [0.5, 0.6) is 0 Å². The van der Waals surface area contributed by atoms with Gasteiger partial charge in [0, 0.05) is 31.9 Å². The maximum absolute atomic E-state index is 13.1. The van der Waals surface area contributed by atoms with Gasteiger partial charge in [0.25, 0.3) is 5.91 Å². The lowest BCUT2D eigenvalue weighted by molar-refractivity contribution is 0.0594. The number of likely N-dealkylation sites (tertiary alicyclic amines) is 2. The second-order valence-electron chi connectivity index (χ2n) is 7.45. The van der Waals surface area contributed by atoms with Crippen molar-refractivity contribution in [3.8, 4) is 0 Å². The highest BCUT2D eigenvalue weighted by molar-refractivity contribution is 5.92. The molecule has 4 heterocycles. The molecule has 4 rings (SSSR count). The van der Waals surface area contributed by atoms with Crippen molar-refractivity contribution in [2.24, 2.45) is 0 Å². The summed E-state index contributed by atoms with van der Waals surface area (Å²) in [5, 5.41) is 13.7. The molecule has 0 bridgehead atoms. The van der Waals surface area contributed by atoms with E-state index < -0.39 is 0 Å². The van der Waals surface area contributed by atoms with E-state index >= 15 is 0 Å². The molecule has 2 aliphatic rings. The number of piperidine rings is 2. The van der Waals surface area contributed by atoms with Crippen LogP contribution in [0, 0.1) is 0 Å². The van der Waals surface area contributed by atoms with Crippen molar-refractivity contribution >= 4 is 5.91 Å². The van der Waals surface area contributed by atoms with E-state index in [1.165, 1.54) is 0 Å². The molecular formula is C20H26N4O3. The molecular weight excluding hydrogens is 344 g/mol. The first-order valence-corrected chi connectivity index (χ1v) is 9.78. The Kier molecular flexibility index (Phi) is 5.50. The molecule has 0 unspecified atom stereocenters. The zero-order chi connectivity index (χ0) is 18.6. The van der Waals surface area contributed by atoms with Gasteiger partial charge in [0.15, 0.2) is 11.5 Å². The number of carbonyl (C=O) groups is 1. The summed E-state index contributed by atoms with van der Waals surface area (Å²) >= 11 is 0. The van der Waals surface area contributed by atoms with Crippen LogP contribution in [-0.4, -0.2) is 56.7 Å². The van der Waals surface area contributed by atoms with Crippen LogP contribution in [0.15, 0.2) is 35.0 Å². The fourth-order valence-electron chi connectivity index (χ4n) is 3.99. The summed E-state index contributed by atoms with van der Waals surface area (Å²) in [4.78, 5) is 21.6. The first-order valence-electron chi connectivity index (χ1n) is 9.78. The number of aromatic nitrogens is 2. The van der Waals surface area contributed by atoms with Crippen LogP contribution in [0.3, 0.4) is 0 Å². The van der Waals surface area contributed by atoms with Crippen LogP contribution >= 0.6 is 0 Å². The number of hydrogen-bond donors (Lipinski definition) is 1. The molecule has 0 aliphatic carbocycles. The molecule has 144 valence electrons. The maximum atomic E-state index is 13.1. The van der Waals surface area contributed by atoms with E-state index in [9.17, 15) is 9.90 Å². The molecule has 1 amide bonds. The SMILES string of the molecule is O=C(c1cc(CN2CCC(O)CC2)on1)N1CCCC[C@H]1c1ccccn1. The van der Waals surface area contributed by atoms with Gasteiger partial charge in [-0.15, -0.1) is 0 Å². The zero-order valence-electron chi connectivity index (χ0n) is 15.5. The largest absolute Gasteiger partial charge is 0.393 e. The van der Waals surface area contributed by atoms with Gasteiger partial charge in [-0.2, -0.15) is 0 Å². The Morgan fingerprint density at radius 3 is 2.81 bits per heavy atom. The lowest BCUT2D eigenvalue weighted by atomic mass is 9.98. The van der Waals surface area contributed by atoms with E-state index in [1.54, 1.807) is 12.3 Å². The van der Waals surface area contributed by atoms with Crippen molar-refractivity contribution in [3.05, 3.63) is 47.6 Å². The summed E-state index contributed by atoms with van der Waals surface area (Å²) in [6.45, 7) is 3.00. The van der Waals surface area contributed by atoms with Crippen LogP contribution in [0.2, 0.25) is 0 Å². The first kappa shape index (κ1) is 18.1. The number of pyridine rings is 1. The summed E-state index contributed by atoms with van der Waals surface area (Å²) in [6, 6.07) is 7.59. The summed E-state index contributed by atoms with van der Waals surface area (Å²) < 4.78 is 5.43. The third kappa shape index (κ3) is 4.20. The Balaban J connectivity index is 1.44. The number of rotatable bonds is 4. The van der Waals surface area contributed by atoms with Crippen molar-refractivity contribution in [2.45, 2.75) is 50.8 Å². The van der Waals surface area contributed by atoms with E-state index in [1.807, 2.05) is 23.1 Å². The molecule has 2 fully saturated rings. The number of aliphatic hydroxyl groups excluding tert-OH is 1. The van der Waals surface area contributed by atoms with E-state index in [2.05, 4.69) is 15.0 Å². The molecule has 2 aromatic heterocycles. The Bertz CT molecular complexity index is 756. The van der Waals surface area contributed by atoms with Crippen LogP contribution in [0.4, 0.5) is 0 Å². The van der Waals surface area contributed by atoms with Gasteiger partial charge >= 0.3 is 0 Å². The van der Waals surface area contributed by atoms with Gasteiger partial charge in [-0.05, 0) is 44.2 Å². The first-order chi connectivity index (χ1) is 13.2. The van der Waals surface area contributed by atoms with Gasteiger partial charge in [-0.25, -0.2) is 0 Å². The van der Waals surface area contributed by atoms with E-state index in [0.717, 1.165) is 50.9 Å². The van der Waals surface area contributed by atoms with Crippen LogP contribution in [0.25, 0.3) is 0 Å². The average Bonchev–Trinajstić information content (AvgIpc) is 3.18. The molecule has 27 heavy (non-hydrogen) atoms. The van der Waals surface area contributed by atoms with Gasteiger partial charge in [0.1, 0.15) is 0 Å². The zero-order valence-corrected chi connectivity index (χ0v) is 15.5. The van der Waals surface area contributed by atoms with Crippen LogP contribution in [0.1, 0.15) is 60.1 Å². The fourth-order valence-corrected chi connectivity index (χ4v) is 3.99. The number of carbonyl (C=O) groups excluding carboxylic acids is 1. The normalized spacial score (nSPS) is 22.1. The van der Waals surface area contributed by atoms with E-state index in [4.69, 9.17) is 4.52 Å². The highest BCUT2D eigenvalue weighted by Crippen LogP contribution is 2.31. The summed E-state index contributed by atoms with van der Waals surface area (Å²) in [6.07, 6.45) is 6.14. The highest BCUT2D eigenvalue weighted by atomic mass is 16.5. The summed E-state index contributed by atoms with van der Waals surface area (Å²) in [7, 11) is 0. The molecule has 0 radical (unpaired) electrons. The molecule has 0 aromatic carbocycles. The second kappa shape index (κ2) is 8.19. The van der Waals surface area contributed by atoms with Crippen molar-refractivity contribution in [2.75, 3.05) is 19.6 Å². The minimum Gasteiger partial charge on any atom is -0.393 e. The summed E-state index contributed by atoms with van der Waals surface area (Å²) in [5.74, 6) is 0.607. The molecule has 0 spiro atoms. The Hall–Kier alpha value is -2.25. The topological polar surface area (TPSA) is 82.7 Å². The average molecular weight is 370 g/mol. The van der Waals surface area contributed by atoms with Gasteiger partial charge in [0.2, 0.25) is 0 Å². The van der Waals surface area contributed by atoms with Crippen molar-refractivity contribution in [3.63, 3.8) is 0 Å². The fraction of sp³-hybridized carbons (Fsp3) is 0.550. The molecule has 2 saturated heterocycles. The minimum absolute atomic E-state index is 0.00354. The summed E-state index contributed by atoms with van der Waals surface area (Å²) in [5.41, 5.74) is 1.30. The van der Waals surface area contributed by atoms with Gasteiger partial charge in [-0.1, -0.05) is 11.2 Å². The third-order valence-electron chi connectivity index (χ3n) is 5.51. The number of aliphatic hydroxyl groups is 1. The number of nitrogens with zero attached hydrogens (tertiary/aromatic N) is 4. The smallest absolute Gasteiger partial charge is 0.276 e. The third-order valence-corrected chi connectivity index (χ3v) is 5.51. The molecule has 1 atom stereocenters. The second-order valence-corrected chi connectivity index (χ2v) is 7.45. The van der Waals surface area contributed by atoms with Crippen molar-refractivity contribution in [1.82, 2.24) is 19.9 Å². The molecule has 7 nitrogen and oxygen atoms in total. The molecule has 2 aliphatic heterocycles. The highest BCUT2D eigenvalue weighted by Gasteiger charge is 2.31. The van der Waals surface area contributed by atoms with Crippen LogP contribution < -0.4 is 0 Å². The lowest BCUT2D eigenvalue weighted by Crippen LogP contribution is -2.39. The quantitative estimate of drug-likeness (QED) is 0.890. The van der Waals surface area contributed by atoms with E-state index in [-0.39, 0.29) is 18.1 Å². The van der Waals surface area contributed by atoms with Crippen LogP contribution in [-0.2, 0) is 6.54 Å². The Labute approximate surface area is 159 Å². The van der Waals surface area contributed by atoms with Gasteiger partial charge in [0.05, 0.1) is 24.4 Å². The predicted molar refractivity (Wildman–Crippen MR) is 98.9 cm³/mol. The lowest BCUT2D eigenvalue weighted by Gasteiger charge is -2.34. The Morgan fingerprint density at radius 1 is 1.19 bits per heavy atom. The van der Waals surface area contributed by atoms with E-state index in [0.29, 0.717) is 24.5 Å². The Morgan fingerprint density at radius 2 is 2.04 bits per heavy atom. The molecule has 1 N–H and O–H groups in total. The minimum atomic E-state index is -0.198. The molecule has 7 heteroatoms. The van der Waals surface area contributed by atoms with Crippen molar-refractivity contribution in [1.29, 1.82) is 0 Å². The monoisotopic (exact) mass is 370 g/mol. The molecule has 2 aromatic rings. The van der Waals surface area contributed by atoms with Gasteiger partial charge < -0.3 is 14.5 Å². The van der Waals surface area contributed by atoms with Crippen molar-refractivity contribution < 1.29 is 14.4 Å². The number of hydrogen-bond acceptors (Lipinski definition) is 6. The van der Waals surface area contributed by atoms with Gasteiger partial charge in [-0.3, -0.25) is 14.7 Å². The standard InChI is InChI=1S/C20H26N4O3/c25-15-7-11-23(12-8-15)14-16-13-18(22-27-16)20(26)24-10-4-2-6-19(24)17-5-1-3-9-21-17/h1,3,5,9,13,15,19,25H,2,4,6-8,10-12,14H2/t19-/m0/s1. The predicted octanol–water partition coefficient (Wildman–Crippen LogP) is 2.39. The number of amides is 1. The molecule has 0 saturated carbocycles. The maximum Gasteiger partial charge on any atom is 0.276 e.